The van der Waals surface area contributed by atoms with E-state index in [2.05, 4.69) is 5.32 Å². The normalized spacial score (nSPS) is 17.8. The van der Waals surface area contributed by atoms with Gasteiger partial charge in [-0.3, -0.25) is 0 Å². The molecule has 0 aromatic rings. The molecule has 0 fully saturated rings. The molecule has 0 saturated heterocycles. The first-order valence-corrected chi connectivity index (χ1v) is 7.30. The van der Waals surface area contributed by atoms with Crippen LogP contribution >= 0.6 is 11.8 Å². The van der Waals surface area contributed by atoms with Crippen LogP contribution in [0.25, 0.3) is 0 Å². The lowest BCUT2D eigenvalue weighted by Gasteiger charge is -2.25. The van der Waals surface area contributed by atoms with Gasteiger partial charge in [-0.05, 0) is 34.0 Å². The maximum atomic E-state index is 9.89. The Labute approximate surface area is 109 Å². The van der Waals surface area contributed by atoms with Crippen molar-refractivity contribution in [2.45, 2.75) is 45.0 Å². The van der Waals surface area contributed by atoms with E-state index in [0.717, 1.165) is 0 Å². The molecular formula is C12H27NO3S. The maximum Gasteiger partial charge on any atom is 0.0897 e. The zero-order valence-corrected chi connectivity index (χ0v) is 12.4. The van der Waals surface area contributed by atoms with E-state index in [1.807, 2.05) is 27.0 Å². The molecule has 0 aromatic heterocycles. The molecular weight excluding hydrogens is 238 g/mol. The second kappa shape index (κ2) is 7.59. The number of hydrogen-bond acceptors (Lipinski definition) is 5. The van der Waals surface area contributed by atoms with Gasteiger partial charge in [-0.15, -0.1) is 0 Å². The van der Waals surface area contributed by atoms with Crippen molar-refractivity contribution in [1.29, 1.82) is 0 Å². The molecule has 0 heterocycles. The quantitative estimate of drug-likeness (QED) is 0.608. The van der Waals surface area contributed by atoms with Gasteiger partial charge in [-0.1, -0.05) is 0 Å². The van der Waals surface area contributed by atoms with Crippen LogP contribution in [0, 0.1) is 0 Å². The zero-order valence-electron chi connectivity index (χ0n) is 11.6. The average Bonchev–Trinajstić information content (AvgIpc) is 2.13. The standard InChI is InChI=1S/C12H27NO3S/c1-11(2,3)16-7-10(14)6-13-8-12(4,15)9-17-5/h10,13-15H,6-9H2,1-5H3. The van der Waals surface area contributed by atoms with Gasteiger partial charge in [-0.25, -0.2) is 0 Å². The topological polar surface area (TPSA) is 61.7 Å². The first-order valence-electron chi connectivity index (χ1n) is 5.90. The van der Waals surface area contributed by atoms with Crippen LogP contribution < -0.4 is 5.32 Å². The van der Waals surface area contributed by atoms with Crippen LogP contribution in [0.1, 0.15) is 27.7 Å². The highest BCUT2D eigenvalue weighted by Crippen LogP contribution is 2.09. The molecule has 0 amide bonds. The maximum absolute atomic E-state index is 9.89. The van der Waals surface area contributed by atoms with Crippen LogP contribution in [-0.2, 0) is 4.74 Å². The van der Waals surface area contributed by atoms with Crippen LogP contribution in [0.5, 0.6) is 0 Å². The van der Waals surface area contributed by atoms with Crippen LogP contribution in [0.15, 0.2) is 0 Å². The van der Waals surface area contributed by atoms with Crippen molar-refractivity contribution in [2.24, 2.45) is 0 Å². The summed E-state index contributed by atoms with van der Waals surface area (Å²) in [5, 5.41) is 22.6. The lowest BCUT2D eigenvalue weighted by molar-refractivity contribution is -0.0488. The van der Waals surface area contributed by atoms with Gasteiger partial charge in [-0.2, -0.15) is 11.8 Å². The minimum atomic E-state index is -0.732. The smallest absolute Gasteiger partial charge is 0.0897 e. The summed E-state index contributed by atoms with van der Waals surface area (Å²) in [6, 6.07) is 0. The number of ether oxygens (including phenoxy) is 1. The van der Waals surface area contributed by atoms with Crippen molar-refractivity contribution in [1.82, 2.24) is 5.32 Å². The Kier molecular flexibility index (Phi) is 7.67. The van der Waals surface area contributed by atoms with Crippen molar-refractivity contribution in [3.8, 4) is 0 Å². The molecule has 0 radical (unpaired) electrons. The third kappa shape index (κ3) is 11.0. The summed E-state index contributed by atoms with van der Waals surface area (Å²) in [4.78, 5) is 0. The van der Waals surface area contributed by atoms with Crippen molar-refractivity contribution < 1.29 is 14.9 Å². The highest BCUT2D eigenvalue weighted by Gasteiger charge is 2.20. The van der Waals surface area contributed by atoms with Crippen LogP contribution in [-0.4, -0.2) is 59.2 Å². The molecule has 0 aliphatic rings. The van der Waals surface area contributed by atoms with Crippen LogP contribution in [0.3, 0.4) is 0 Å². The molecule has 0 rings (SSSR count). The van der Waals surface area contributed by atoms with Gasteiger partial charge in [0, 0.05) is 18.8 Å². The number of nitrogens with one attached hydrogen (secondary N) is 1. The number of rotatable bonds is 8. The molecule has 0 aromatic carbocycles. The highest BCUT2D eigenvalue weighted by molar-refractivity contribution is 7.98. The predicted molar refractivity (Wildman–Crippen MR) is 73.6 cm³/mol. The fourth-order valence-corrected chi connectivity index (χ4v) is 2.00. The molecule has 4 nitrogen and oxygen atoms in total. The predicted octanol–water partition coefficient (Wildman–Crippen LogP) is 0.866. The average molecular weight is 265 g/mol. The molecule has 0 aliphatic heterocycles. The van der Waals surface area contributed by atoms with Gasteiger partial charge in [0.05, 0.1) is 23.9 Å². The number of hydrogen-bond donors (Lipinski definition) is 3. The summed E-state index contributed by atoms with van der Waals surface area (Å²) in [6.07, 6.45) is 1.42. The lowest BCUT2D eigenvalue weighted by atomic mass is 10.1. The van der Waals surface area contributed by atoms with Gasteiger partial charge >= 0.3 is 0 Å². The Morgan fingerprint density at radius 2 is 1.88 bits per heavy atom. The Hall–Kier alpha value is 0.190. The number of aliphatic hydroxyl groups is 2. The zero-order chi connectivity index (χ0) is 13.5. The van der Waals surface area contributed by atoms with Gasteiger partial charge in [0.15, 0.2) is 0 Å². The number of thioether (sulfide) groups is 1. The Morgan fingerprint density at radius 1 is 1.29 bits per heavy atom. The second-order valence-electron chi connectivity index (χ2n) is 5.64. The molecule has 0 aliphatic carbocycles. The molecule has 0 bridgehead atoms. The van der Waals surface area contributed by atoms with Gasteiger partial charge in [0.25, 0.3) is 0 Å². The Morgan fingerprint density at radius 3 is 2.35 bits per heavy atom. The van der Waals surface area contributed by atoms with E-state index in [4.69, 9.17) is 4.74 Å². The van der Waals surface area contributed by atoms with Crippen molar-refractivity contribution >= 4 is 11.8 Å². The monoisotopic (exact) mass is 265 g/mol. The minimum absolute atomic E-state index is 0.231. The molecule has 3 N–H and O–H groups in total. The minimum Gasteiger partial charge on any atom is -0.389 e. The Bertz CT molecular complexity index is 204. The van der Waals surface area contributed by atoms with Gasteiger partial charge in [0.1, 0.15) is 0 Å². The van der Waals surface area contributed by atoms with Crippen LogP contribution in [0.2, 0.25) is 0 Å². The van der Waals surface area contributed by atoms with E-state index in [9.17, 15) is 10.2 Å². The van der Waals surface area contributed by atoms with E-state index in [-0.39, 0.29) is 5.60 Å². The van der Waals surface area contributed by atoms with E-state index >= 15 is 0 Å². The summed E-state index contributed by atoms with van der Waals surface area (Å²) in [5.74, 6) is 0.675. The fraction of sp³-hybridized carbons (Fsp3) is 1.00. The molecule has 104 valence electrons. The SMILES string of the molecule is CSCC(C)(O)CNCC(O)COC(C)(C)C. The first kappa shape index (κ1) is 17.2. The molecule has 5 heteroatoms. The van der Waals surface area contributed by atoms with E-state index in [1.165, 1.54) is 0 Å². The summed E-state index contributed by atoms with van der Waals surface area (Å²) in [7, 11) is 0. The first-order chi connectivity index (χ1) is 7.66. The molecule has 0 spiro atoms. The summed E-state index contributed by atoms with van der Waals surface area (Å²) < 4.78 is 5.46. The third-order valence-corrected chi connectivity index (χ3v) is 2.96. The summed E-state index contributed by atoms with van der Waals surface area (Å²) in [6.45, 7) is 8.86. The van der Waals surface area contributed by atoms with Gasteiger partial charge in [0.2, 0.25) is 0 Å². The van der Waals surface area contributed by atoms with Crippen molar-refractivity contribution in [3.05, 3.63) is 0 Å². The van der Waals surface area contributed by atoms with Crippen LogP contribution in [0.4, 0.5) is 0 Å². The Balaban J connectivity index is 3.67. The second-order valence-corrected chi connectivity index (χ2v) is 6.50. The molecule has 17 heavy (non-hydrogen) atoms. The summed E-state index contributed by atoms with van der Waals surface area (Å²) in [5.41, 5.74) is -0.963. The highest BCUT2D eigenvalue weighted by atomic mass is 32.2. The third-order valence-electron chi connectivity index (χ3n) is 2.05. The lowest BCUT2D eigenvalue weighted by Crippen LogP contribution is -2.43. The van der Waals surface area contributed by atoms with E-state index in [1.54, 1.807) is 18.7 Å². The largest absolute Gasteiger partial charge is 0.389 e. The molecule has 2 unspecified atom stereocenters. The van der Waals surface area contributed by atoms with E-state index < -0.39 is 11.7 Å². The van der Waals surface area contributed by atoms with Crippen molar-refractivity contribution in [2.75, 3.05) is 31.7 Å². The number of aliphatic hydroxyl groups excluding tert-OH is 1. The summed E-state index contributed by atoms with van der Waals surface area (Å²) >= 11 is 1.60. The van der Waals surface area contributed by atoms with Gasteiger partial charge < -0.3 is 20.3 Å². The van der Waals surface area contributed by atoms with E-state index in [0.29, 0.717) is 25.4 Å². The van der Waals surface area contributed by atoms with Crippen molar-refractivity contribution in [3.63, 3.8) is 0 Å². The molecule has 2 atom stereocenters. The molecule has 0 saturated carbocycles. The fourth-order valence-electron chi connectivity index (χ4n) is 1.28.